The predicted molar refractivity (Wildman–Crippen MR) is 95.9 cm³/mol. The molecular formula is C14H13Cl2N5O2S2. The first-order chi connectivity index (χ1) is 11.9. The number of fused-ring (bicyclic) bond motifs is 1. The van der Waals surface area contributed by atoms with Crippen molar-refractivity contribution in [1.82, 2.24) is 23.9 Å². The monoisotopic (exact) mass is 417 g/mol. The number of thiazole rings is 1. The molecule has 1 aliphatic heterocycles. The molecule has 0 bridgehead atoms. The lowest BCUT2D eigenvalue weighted by Crippen LogP contribution is -2.37. The molecule has 11 heteroatoms. The Bertz CT molecular complexity index is 1020. The van der Waals surface area contributed by atoms with E-state index in [0.29, 0.717) is 36.6 Å². The Kier molecular flexibility index (Phi) is 4.45. The van der Waals surface area contributed by atoms with Crippen molar-refractivity contribution in [2.45, 2.75) is 23.0 Å². The average molecular weight is 418 g/mol. The van der Waals surface area contributed by atoms with Crippen molar-refractivity contribution in [3.8, 4) is 0 Å². The smallest absolute Gasteiger partial charge is 0.232 e. The van der Waals surface area contributed by atoms with Gasteiger partial charge in [0.2, 0.25) is 0 Å². The molecule has 0 spiro atoms. The molecule has 7 nitrogen and oxygen atoms in total. The van der Waals surface area contributed by atoms with Gasteiger partial charge < -0.3 is 0 Å². The van der Waals surface area contributed by atoms with Crippen LogP contribution in [0, 0.1) is 0 Å². The first kappa shape index (κ1) is 17.2. The third kappa shape index (κ3) is 3.15. The van der Waals surface area contributed by atoms with Crippen LogP contribution in [0.4, 0.5) is 0 Å². The molecule has 0 N–H and O–H groups in total. The van der Waals surface area contributed by atoms with Crippen molar-refractivity contribution in [1.29, 1.82) is 0 Å². The third-order valence-corrected chi connectivity index (χ3v) is 8.12. The number of rotatable bonds is 3. The summed E-state index contributed by atoms with van der Waals surface area (Å²) in [5, 5.41) is 4.77. The van der Waals surface area contributed by atoms with Crippen LogP contribution in [0.2, 0.25) is 9.49 Å². The van der Waals surface area contributed by atoms with Gasteiger partial charge in [0.05, 0.1) is 6.20 Å². The molecule has 0 unspecified atom stereocenters. The average Bonchev–Trinajstić information content (AvgIpc) is 3.23. The summed E-state index contributed by atoms with van der Waals surface area (Å²) in [5.74, 6) is 0.178. The molecule has 1 saturated heterocycles. The van der Waals surface area contributed by atoms with Gasteiger partial charge in [-0.2, -0.15) is 9.40 Å². The molecule has 0 radical (unpaired) electrons. The van der Waals surface area contributed by atoms with Crippen LogP contribution in [-0.2, 0) is 10.0 Å². The summed E-state index contributed by atoms with van der Waals surface area (Å²) in [6.45, 7) is 0.850. The fraction of sp³-hybridized carbons (Fsp3) is 0.357. The van der Waals surface area contributed by atoms with Crippen LogP contribution in [0.1, 0.15) is 24.3 Å². The second-order valence-electron chi connectivity index (χ2n) is 5.75. The van der Waals surface area contributed by atoms with Gasteiger partial charge in [0.15, 0.2) is 14.3 Å². The van der Waals surface area contributed by atoms with E-state index in [2.05, 4.69) is 15.1 Å². The lowest BCUT2D eigenvalue weighted by Gasteiger charge is -2.31. The van der Waals surface area contributed by atoms with Crippen LogP contribution >= 0.6 is 34.5 Å². The zero-order valence-corrected chi connectivity index (χ0v) is 16.0. The standard InChI is InChI=1S/C14H13Cl2N5O2S2/c15-11-5-12-18-8-19-21(12)7-10(11)9-1-3-20(4-2-9)25(22,23)13-6-17-14(16)24-13/h5-9H,1-4H2. The van der Waals surface area contributed by atoms with Crippen LogP contribution in [0.25, 0.3) is 5.65 Å². The predicted octanol–water partition coefficient (Wildman–Crippen LogP) is 3.06. The van der Waals surface area contributed by atoms with E-state index in [1.165, 1.54) is 16.8 Å². The molecule has 0 amide bonds. The van der Waals surface area contributed by atoms with Gasteiger partial charge in [-0.3, -0.25) is 0 Å². The van der Waals surface area contributed by atoms with Crippen molar-refractivity contribution in [3.63, 3.8) is 0 Å². The number of pyridine rings is 1. The van der Waals surface area contributed by atoms with Crippen LogP contribution < -0.4 is 0 Å². The molecule has 1 aliphatic rings. The summed E-state index contributed by atoms with van der Waals surface area (Å²) < 4.78 is 28.8. The Morgan fingerprint density at radius 3 is 2.64 bits per heavy atom. The topological polar surface area (TPSA) is 80.5 Å². The minimum Gasteiger partial charge on any atom is -0.232 e. The fourth-order valence-electron chi connectivity index (χ4n) is 3.05. The van der Waals surface area contributed by atoms with E-state index < -0.39 is 10.0 Å². The van der Waals surface area contributed by atoms with Gasteiger partial charge >= 0.3 is 0 Å². The van der Waals surface area contributed by atoms with Gasteiger partial charge in [-0.25, -0.2) is 22.9 Å². The minimum atomic E-state index is -3.54. The maximum atomic E-state index is 12.6. The Balaban J connectivity index is 1.53. The van der Waals surface area contributed by atoms with Crippen molar-refractivity contribution >= 4 is 50.2 Å². The van der Waals surface area contributed by atoms with Gasteiger partial charge in [-0.1, -0.05) is 34.5 Å². The fourth-order valence-corrected chi connectivity index (χ4v) is 6.26. The highest BCUT2D eigenvalue weighted by Crippen LogP contribution is 2.35. The van der Waals surface area contributed by atoms with Gasteiger partial charge in [-0.15, -0.1) is 0 Å². The van der Waals surface area contributed by atoms with Crippen molar-refractivity contribution in [2.24, 2.45) is 0 Å². The number of aromatic nitrogens is 4. The second-order valence-corrected chi connectivity index (χ2v) is 9.93. The number of piperidine rings is 1. The highest BCUT2D eigenvalue weighted by Gasteiger charge is 2.32. The minimum absolute atomic E-state index is 0.178. The Morgan fingerprint density at radius 2 is 1.96 bits per heavy atom. The SMILES string of the molecule is O=S(=O)(c1cnc(Cl)s1)N1CCC(c2cn3ncnc3cc2Cl)CC1. The van der Waals surface area contributed by atoms with Crippen molar-refractivity contribution in [2.75, 3.05) is 13.1 Å². The zero-order chi connectivity index (χ0) is 17.6. The Labute approximate surface area is 158 Å². The van der Waals surface area contributed by atoms with Gasteiger partial charge in [-0.05, 0) is 24.3 Å². The summed E-state index contributed by atoms with van der Waals surface area (Å²) in [4.78, 5) is 7.93. The molecule has 3 aromatic heterocycles. The van der Waals surface area contributed by atoms with Crippen LogP contribution in [0.5, 0.6) is 0 Å². The second kappa shape index (κ2) is 6.48. The first-order valence-corrected chi connectivity index (χ1v) is 10.6. The lowest BCUT2D eigenvalue weighted by atomic mass is 9.91. The summed E-state index contributed by atoms with van der Waals surface area (Å²) >= 11 is 13.1. The number of halogens is 2. The van der Waals surface area contributed by atoms with E-state index in [9.17, 15) is 8.42 Å². The summed E-state index contributed by atoms with van der Waals surface area (Å²) in [6, 6.07) is 1.78. The molecule has 4 rings (SSSR count). The van der Waals surface area contributed by atoms with E-state index >= 15 is 0 Å². The number of nitrogens with zero attached hydrogens (tertiary/aromatic N) is 5. The molecule has 4 heterocycles. The molecule has 1 fully saturated rings. The normalized spacial score (nSPS) is 17.4. The molecular weight excluding hydrogens is 405 g/mol. The van der Waals surface area contributed by atoms with Gasteiger partial charge in [0.25, 0.3) is 10.0 Å². The van der Waals surface area contributed by atoms with Gasteiger partial charge in [0.1, 0.15) is 6.33 Å². The molecule has 0 atom stereocenters. The van der Waals surface area contributed by atoms with Crippen molar-refractivity contribution < 1.29 is 8.42 Å². The van der Waals surface area contributed by atoms with E-state index in [0.717, 1.165) is 16.9 Å². The molecule has 0 aromatic carbocycles. The number of sulfonamides is 1. The Morgan fingerprint density at radius 1 is 1.20 bits per heavy atom. The summed E-state index contributed by atoms with van der Waals surface area (Å²) in [5.41, 5.74) is 1.66. The molecule has 132 valence electrons. The molecule has 3 aromatic rings. The van der Waals surface area contributed by atoms with E-state index in [1.807, 2.05) is 6.20 Å². The molecule has 25 heavy (non-hydrogen) atoms. The summed E-state index contributed by atoms with van der Waals surface area (Å²) in [6.07, 6.45) is 6.04. The number of hydrogen-bond donors (Lipinski definition) is 0. The molecule has 0 aliphatic carbocycles. The van der Waals surface area contributed by atoms with Gasteiger partial charge in [0, 0.05) is 30.4 Å². The van der Waals surface area contributed by atoms with Crippen LogP contribution in [0.3, 0.4) is 0 Å². The highest BCUT2D eigenvalue weighted by atomic mass is 35.5. The van der Waals surface area contributed by atoms with E-state index in [4.69, 9.17) is 23.2 Å². The van der Waals surface area contributed by atoms with Crippen molar-refractivity contribution in [3.05, 3.63) is 39.8 Å². The Hall–Kier alpha value is -1.26. The highest BCUT2D eigenvalue weighted by molar-refractivity contribution is 7.91. The van der Waals surface area contributed by atoms with E-state index in [-0.39, 0.29) is 14.6 Å². The maximum absolute atomic E-state index is 12.6. The lowest BCUT2D eigenvalue weighted by molar-refractivity contribution is 0.319. The quantitative estimate of drug-likeness (QED) is 0.653. The maximum Gasteiger partial charge on any atom is 0.254 e. The largest absolute Gasteiger partial charge is 0.254 e. The summed E-state index contributed by atoms with van der Waals surface area (Å²) in [7, 11) is -3.54. The van der Waals surface area contributed by atoms with E-state index in [1.54, 1.807) is 10.6 Å². The van der Waals surface area contributed by atoms with Crippen LogP contribution in [0.15, 0.2) is 29.0 Å². The number of hydrogen-bond acceptors (Lipinski definition) is 6. The molecule has 0 saturated carbocycles. The van der Waals surface area contributed by atoms with Crippen LogP contribution in [-0.4, -0.2) is 45.4 Å². The zero-order valence-electron chi connectivity index (χ0n) is 12.8. The first-order valence-electron chi connectivity index (χ1n) is 7.55. The third-order valence-electron chi connectivity index (χ3n) is 4.34.